The zero-order valence-corrected chi connectivity index (χ0v) is 15.0. The quantitative estimate of drug-likeness (QED) is 0.832. The molecule has 132 valence electrons. The van der Waals surface area contributed by atoms with Crippen molar-refractivity contribution >= 4 is 22.0 Å². The monoisotopic (exact) mass is 360 g/mol. The van der Waals surface area contributed by atoms with Crippen LogP contribution in [0, 0.1) is 13.8 Å². The molecule has 3 rings (SSSR count). The Hall–Kier alpha value is -2.45. The first-order chi connectivity index (χ1) is 11.8. The smallest absolute Gasteiger partial charge is 0.247 e. The lowest BCUT2D eigenvalue weighted by molar-refractivity contribution is -0.127. The molecule has 0 saturated heterocycles. The lowest BCUT2D eigenvalue weighted by Gasteiger charge is -2.27. The predicted molar refractivity (Wildman–Crippen MR) is 94.0 cm³/mol. The third kappa shape index (κ3) is 3.64. The number of benzene rings is 1. The van der Waals surface area contributed by atoms with Gasteiger partial charge in [-0.05, 0) is 37.6 Å². The number of hydrogen-bond acceptors (Lipinski definition) is 4. The molecule has 1 aromatic heterocycles. The molecule has 1 aliphatic rings. The molecule has 0 bridgehead atoms. The van der Waals surface area contributed by atoms with E-state index in [1.54, 1.807) is 23.1 Å². The predicted octanol–water partition coefficient (Wildman–Crippen LogP) is 1.20. The Labute approximate surface area is 146 Å². The van der Waals surface area contributed by atoms with Crippen LogP contribution >= 0.6 is 0 Å². The van der Waals surface area contributed by atoms with Crippen LogP contribution in [-0.2, 0) is 27.9 Å². The number of nitrogens with two attached hydrogens (primary N) is 1. The zero-order valence-electron chi connectivity index (χ0n) is 14.1. The molecule has 0 atom stereocenters. The van der Waals surface area contributed by atoms with Gasteiger partial charge in [-0.25, -0.2) is 18.5 Å². The number of primary sulfonamides is 1. The van der Waals surface area contributed by atoms with Crippen LogP contribution in [0.2, 0.25) is 0 Å². The van der Waals surface area contributed by atoms with Gasteiger partial charge in [0.2, 0.25) is 15.9 Å². The average Bonchev–Trinajstić information content (AvgIpc) is 2.86. The molecule has 7 nitrogen and oxygen atoms in total. The van der Waals surface area contributed by atoms with Gasteiger partial charge >= 0.3 is 0 Å². The van der Waals surface area contributed by atoms with Gasteiger partial charge in [0.15, 0.2) is 0 Å². The van der Waals surface area contributed by atoms with Gasteiger partial charge in [-0.1, -0.05) is 12.1 Å². The molecule has 2 N–H and O–H groups in total. The fourth-order valence-electron chi connectivity index (χ4n) is 2.84. The third-order valence-electron chi connectivity index (χ3n) is 4.40. The Bertz CT molecular complexity index is 943. The van der Waals surface area contributed by atoms with Crippen molar-refractivity contribution in [2.24, 2.45) is 5.14 Å². The highest BCUT2D eigenvalue weighted by atomic mass is 32.2. The molecule has 0 unspecified atom stereocenters. The number of rotatable bonds is 3. The fraction of sp³-hybridized carbons (Fsp3) is 0.294. The van der Waals surface area contributed by atoms with Crippen LogP contribution < -0.4 is 5.14 Å². The molecule has 2 heterocycles. The number of imidazole rings is 1. The molecule has 0 aliphatic carbocycles. The second kappa shape index (κ2) is 6.45. The summed E-state index contributed by atoms with van der Waals surface area (Å²) in [6.07, 6.45) is 3.15. The number of nitrogens with zero attached hydrogens (tertiary/aromatic N) is 3. The van der Waals surface area contributed by atoms with E-state index in [0.717, 1.165) is 29.3 Å². The van der Waals surface area contributed by atoms with Crippen molar-refractivity contribution in [3.05, 3.63) is 53.1 Å². The fourth-order valence-corrected chi connectivity index (χ4v) is 3.36. The normalized spacial score (nSPS) is 14.8. The highest BCUT2D eigenvalue weighted by Crippen LogP contribution is 2.17. The zero-order chi connectivity index (χ0) is 18.2. The Morgan fingerprint density at radius 1 is 1.20 bits per heavy atom. The van der Waals surface area contributed by atoms with Crippen LogP contribution in [0.4, 0.5) is 0 Å². The highest BCUT2D eigenvalue weighted by Gasteiger charge is 2.22. The van der Waals surface area contributed by atoms with Crippen LogP contribution in [-0.4, -0.2) is 35.3 Å². The van der Waals surface area contributed by atoms with E-state index < -0.39 is 10.0 Å². The van der Waals surface area contributed by atoms with E-state index in [4.69, 9.17) is 5.14 Å². The molecule has 1 aromatic carbocycles. The van der Waals surface area contributed by atoms with Gasteiger partial charge in [-0.2, -0.15) is 0 Å². The number of fused-ring (bicyclic) bond motifs is 1. The maximum absolute atomic E-state index is 12.4. The minimum absolute atomic E-state index is 0.0459. The molecule has 1 aliphatic heterocycles. The van der Waals surface area contributed by atoms with Gasteiger partial charge in [0.05, 0.1) is 17.1 Å². The lowest BCUT2D eigenvalue weighted by Crippen LogP contribution is -2.37. The SMILES string of the molecule is Cc1nc2n(c1C)CCN(C(=O)/C=C/c1ccc(S(N)(=O)=O)cc1)C2. The summed E-state index contributed by atoms with van der Waals surface area (Å²) < 4.78 is 24.6. The van der Waals surface area contributed by atoms with E-state index in [1.165, 1.54) is 18.2 Å². The summed E-state index contributed by atoms with van der Waals surface area (Å²) in [6, 6.07) is 6.06. The number of aromatic nitrogens is 2. The summed E-state index contributed by atoms with van der Waals surface area (Å²) in [7, 11) is -3.71. The van der Waals surface area contributed by atoms with Crippen molar-refractivity contribution in [3.8, 4) is 0 Å². The van der Waals surface area contributed by atoms with Gasteiger partial charge in [-0.15, -0.1) is 0 Å². The van der Waals surface area contributed by atoms with E-state index in [-0.39, 0.29) is 10.8 Å². The van der Waals surface area contributed by atoms with Gasteiger partial charge < -0.3 is 9.47 Å². The summed E-state index contributed by atoms with van der Waals surface area (Å²) >= 11 is 0. The van der Waals surface area contributed by atoms with Crippen molar-refractivity contribution < 1.29 is 13.2 Å². The van der Waals surface area contributed by atoms with E-state index >= 15 is 0 Å². The van der Waals surface area contributed by atoms with Crippen molar-refractivity contribution in [2.45, 2.75) is 31.8 Å². The first kappa shape index (κ1) is 17.4. The summed E-state index contributed by atoms with van der Waals surface area (Å²) in [5.41, 5.74) is 2.87. The second-order valence-electron chi connectivity index (χ2n) is 6.06. The van der Waals surface area contributed by atoms with Gasteiger partial charge in [0.25, 0.3) is 0 Å². The van der Waals surface area contributed by atoms with Crippen LogP contribution in [0.15, 0.2) is 35.2 Å². The van der Waals surface area contributed by atoms with E-state index in [1.807, 2.05) is 13.8 Å². The molecular formula is C17H20N4O3S. The Morgan fingerprint density at radius 2 is 1.88 bits per heavy atom. The number of carbonyl (C=O) groups excluding carboxylic acids is 1. The molecule has 0 radical (unpaired) electrons. The minimum atomic E-state index is -3.71. The molecule has 0 fully saturated rings. The van der Waals surface area contributed by atoms with Gasteiger partial charge in [-0.3, -0.25) is 4.79 Å². The number of sulfonamides is 1. The van der Waals surface area contributed by atoms with E-state index in [9.17, 15) is 13.2 Å². The number of amides is 1. The highest BCUT2D eigenvalue weighted by molar-refractivity contribution is 7.89. The summed E-state index contributed by atoms with van der Waals surface area (Å²) in [5.74, 6) is 0.806. The van der Waals surface area contributed by atoms with Crippen LogP contribution in [0.5, 0.6) is 0 Å². The number of carbonyl (C=O) groups is 1. The number of hydrogen-bond donors (Lipinski definition) is 1. The van der Waals surface area contributed by atoms with Crippen molar-refractivity contribution in [2.75, 3.05) is 6.54 Å². The van der Waals surface area contributed by atoms with E-state index in [0.29, 0.717) is 13.1 Å². The largest absolute Gasteiger partial charge is 0.330 e. The summed E-state index contributed by atoms with van der Waals surface area (Å²) in [4.78, 5) is 18.7. The molecule has 1 amide bonds. The maximum Gasteiger partial charge on any atom is 0.247 e. The first-order valence-corrected chi connectivity index (χ1v) is 9.43. The van der Waals surface area contributed by atoms with Gasteiger partial charge in [0, 0.05) is 24.9 Å². The molecule has 0 saturated carbocycles. The molecule has 0 spiro atoms. The van der Waals surface area contributed by atoms with Crippen LogP contribution in [0.3, 0.4) is 0 Å². The van der Waals surface area contributed by atoms with Crippen molar-refractivity contribution in [1.82, 2.24) is 14.5 Å². The topological polar surface area (TPSA) is 98.3 Å². The van der Waals surface area contributed by atoms with E-state index in [2.05, 4.69) is 9.55 Å². The minimum Gasteiger partial charge on any atom is -0.330 e. The Kier molecular flexibility index (Phi) is 4.49. The van der Waals surface area contributed by atoms with Crippen LogP contribution in [0.1, 0.15) is 22.8 Å². The lowest BCUT2D eigenvalue weighted by atomic mass is 10.2. The Balaban J connectivity index is 1.69. The second-order valence-corrected chi connectivity index (χ2v) is 7.62. The number of aryl methyl sites for hydroxylation is 1. The van der Waals surface area contributed by atoms with Crippen LogP contribution in [0.25, 0.3) is 6.08 Å². The summed E-state index contributed by atoms with van der Waals surface area (Å²) in [6.45, 7) is 5.87. The molecular weight excluding hydrogens is 340 g/mol. The maximum atomic E-state index is 12.4. The third-order valence-corrected chi connectivity index (χ3v) is 5.33. The van der Waals surface area contributed by atoms with Crippen molar-refractivity contribution in [1.29, 1.82) is 0 Å². The summed E-state index contributed by atoms with van der Waals surface area (Å²) in [5, 5.41) is 5.06. The average molecular weight is 360 g/mol. The standard InChI is InChI=1S/C17H20N4O3S/c1-12-13(2)21-10-9-20(11-16(21)19-12)17(22)8-5-14-3-6-15(7-4-14)25(18,23)24/h3-8H,9-11H2,1-2H3,(H2,18,23,24)/b8-5+. The van der Waals surface area contributed by atoms with Crippen molar-refractivity contribution in [3.63, 3.8) is 0 Å². The van der Waals surface area contributed by atoms with Gasteiger partial charge in [0.1, 0.15) is 5.82 Å². The first-order valence-electron chi connectivity index (χ1n) is 7.88. The molecule has 2 aromatic rings. The molecule has 8 heteroatoms. The Morgan fingerprint density at radius 3 is 2.52 bits per heavy atom. The molecule has 25 heavy (non-hydrogen) atoms.